The largest absolute Gasteiger partial charge is 0.493 e. The summed E-state index contributed by atoms with van der Waals surface area (Å²) >= 11 is 1.46. The molecule has 1 saturated carbocycles. The highest BCUT2D eigenvalue weighted by molar-refractivity contribution is 7.15. The zero-order valence-corrected chi connectivity index (χ0v) is 16.6. The SMILES string of the molecule is COc1ccccc1OCC(=O)N1CCc2nc(NC(=O)C3CCC3)sc2C1. The molecular weight excluding hydrogens is 378 g/mol. The molecule has 2 heterocycles. The van der Waals surface area contributed by atoms with E-state index in [4.69, 9.17) is 9.47 Å². The number of amides is 2. The van der Waals surface area contributed by atoms with Gasteiger partial charge in [-0.05, 0) is 25.0 Å². The number of aromatic nitrogens is 1. The number of nitrogens with one attached hydrogen (secondary N) is 1. The van der Waals surface area contributed by atoms with Gasteiger partial charge >= 0.3 is 0 Å². The molecule has 1 aromatic heterocycles. The normalized spacial score (nSPS) is 16.1. The Bertz CT molecular complexity index is 878. The number of benzene rings is 1. The number of carbonyl (C=O) groups excluding carboxylic acids is 2. The van der Waals surface area contributed by atoms with E-state index in [-0.39, 0.29) is 24.3 Å². The fraction of sp³-hybridized carbons (Fsp3) is 0.450. The maximum atomic E-state index is 12.6. The summed E-state index contributed by atoms with van der Waals surface area (Å²) < 4.78 is 10.9. The molecule has 1 fully saturated rings. The molecule has 28 heavy (non-hydrogen) atoms. The third kappa shape index (κ3) is 3.96. The van der Waals surface area contributed by atoms with Crippen LogP contribution in [-0.4, -0.2) is 42.0 Å². The number of hydrogen-bond donors (Lipinski definition) is 1. The molecule has 0 spiro atoms. The third-order valence-electron chi connectivity index (χ3n) is 5.21. The number of para-hydroxylation sites is 2. The van der Waals surface area contributed by atoms with E-state index in [1.54, 1.807) is 24.1 Å². The van der Waals surface area contributed by atoms with Crippen molar-refractivity contribution in [2.45, 2.75) is 32.2 Å². The summed E-state index contributed by atoms with van der Waals surface area (Å²) in [6.07, 6.45) is 3.74. The van der Waals surface area contributed by atoms with Gasteiger partial charge in [-0.25, -0.2) is 4.98 Å². The molecule has 0 radical (unpaired) electrons. The Morgan fingerprint density at radius 2 is 2.07 bits per heavy atom. The Kier molecular flexibility index (Phi) is 5.47. The number of methoxy groups -OCH3 is 1. The van der Waals surface area contributed by atoms with Gasteiger partial charge in [0.2, 0.25) is 5.91 Å². The monoisotopic (exact) mass is 401 g/mol. The average molecular weight is 401 g/mol. The molecule has 1 aromatic carbocycles. The molecule has 2 amide bonds. The first kappa shape index (κ1) is 18.7. The third-order valence-corrected chi connectivity index (χ3v) is 6.21. The van der Waals surface area contributed by atoms with Gasteiger partial charge in [0, 0.05) is 23.8 Å². The summed E-state index contributed by atoms with van der Waals surface area (Å²) in [5, 5.41) is 3.57. The first-order valence-corrected chi connectivity index (χ1v) is 10.3. The predicted molar refractivity (Wildman–Crippen MR) is 106 cm³/mol. The van der Waals surface area contributed by atoms with Gasteiger partial charge in [-0.3, -0.25) is 9.59 Å². The van der Waals surface area contributed by atoms with Gasteiger partial charge < -0.3 is 19.7 Å². The molecular formula is C20H23N3O4S. The summed E-state index contributed by atoms with van der Waals surface area (Å²) in [6, 6.07) is 7.27. The summed E-state index contributed by atoms with van der Waals surface area (Å²) in [5.41, 5.74) is 0.976. The van der Waals surface area contributed by atoms with Crippen LogP contribution >= 0.6 is 11.3 Å². The van der Waals surface area contributed by atoms with Crippen molar-refractivity contribution < 1.29 is 19.1 Å². The first-order valence-electron chi connectivity index (χ1n) is 9.47. The van der Waals surface area contributed by atoms with Gasteiger partial charge in [-0.1, -0.05) is 29.9 Å². The van der Waals surface area contributed by atoms with Gasteiger partial charge in [-0.2, -0.15) is 0 Å². The van der Waals surface area contributed by atoms with E-state index in [1.807, 2.05) is 12.1 Å². The van der Waals surface area contributed by atoms with Crippen molar-refractivity contribution in [1.29, 1.82) is 0 Å². The number of rotatable bonds is 6. The number of fused-ring (bicyclic) bond motifs is 1. The van der Waals surface area contributed by atoms with Gasteiger partial charge in [0.1, 0.15) is 0 Å². The molecule has 0 bridgehead atoms. The van der Waals surface area contributed by atoms with E-state index in [2.05, 4.69) is 10.3 Å². The Labute approximate surface area is 167 Å². The molecule has 0 unspecified atom stereocenters. The maximum absolute atomic E-state index is 12.6. The lowest BCUT2D eigenvalue weighted by Gasteiger charge is -2.26. The van der Waals surface area contributed by atoms with E-state index in [0.29, 0.717) is 36.1 Å². The minimum atomic E-state index is -0.0787. The van der Waals surface area contributed by atoms with Crippen molar-refractivity contribution >= 4 is 28.3 Å². The van der Waals surface area contributed by atoms with Crippen molar-refractivity contribution in [3.05, 3.63) is 34.8 Å². The van der Waals surface area contributed by atoms with Gasteiger partial charge in [0.15, 0.2) is 23.2 Å². The molecule has 148 valence electrons. The molecule has 7 nitrogen and oxygen atoms in total. The number of hydrogen-bond acceptors (Lipinski definition) is 6. The summed E-state index contributed by atoms with van der Waals surface area (Å²) in [6.45, 7) is 1.06. The van der Waals surface area contributed by atoms with Crippen LogP contribution in [0, 0.1) is 5.92 Å². The highest BCUT2D eigenvalue weighted by Gasteiger charge is 2.28. The maximum Gasteiger partial charge on any atom is 0.260 e. The molecule has 8 heteroatoms. The summed E-state index contributed by atoms with van der Waals surface area (Å²) in [4.78, 5) is 32.0. The van der Waals surface area contributed by atoms with E-state index in [9.17, 15) is 9.59 Å². The van der Waals surface area contributed by atoms with Crippen LogP contribution in [0.25, 0.3) is 0 Å². The highest BCUT2D eigenvalue weighted by atomic mass is 32.1. The second-order valence-corrected chi connectivity index (χ2v) is 8.09. The lowest BCUT2D eigenvalue weighted by molar-refractivity contribution is -0.134. The van der Waals surface area contributed by atoms with E-state index in [1.165, 1.54) is 11.3 Å². The van der Waals surface area contributed by atoms with Crippen molar-refractivity contribution in [3.8, 4) is 11.5 Å². The van der Waals surface area contributed by atoms with Gasteiger partial charge in [-0.15, -0.1) is 0 Å². The van der Waals surface area contributed by atoms with Crippen molar-refractivity contribution in [3.63, 3.8) is 0 Å². The standard InChI is InChI=1S/C20H23N3O4S/c1-26-15-7-2-3-8-16(15)27-12-18(24)23-10-9-14-17(11-23)28-20(21-14)22-19(25)13-5-4-6-13/h2-3,7-8,13H,4-6,9-12H2,1H3,(H,21,22,25). The number of nitrogens with zero attached hydrogens (tertiary/aromatic N) is 2. The molecule has 1 N–H and O–H groups in total. The smallest absolute Gasteiger partial charge is 0.260 e. The Morgan fingerprint density at radius 3 is 2.79 bits per heavy atom. The first-order chi connectivity index (χ1) is 13.6. The fourth-order valence-electron chi connectivity index (χ4n) is 3.31. The second kappa shape index (κ2) is 8.18. The summed E-state index contributed by atoms with van der Waals surface area (Å²) in [5.74, 6) is 1.27. The van der Waals surface area contributed by atoms with Crippen molar-refractivity contribution in [1.82, 2.24) is 9.88 Å². The number of ether oxygens (including phenoxy) is 2. The molecule has 2 aliphatic rings. The Balaban J connectivity index is 1.34. The Morgan fingerprint density at radius 1 is 1.29 bits per heavy atom. The van der Waals surface area contributed by atoms with Gasteiger partial charge in [0.05, 0.1) is 19.3 Å². The molecule has 2 aromatic rings. The van der Waals surface area contributed by atoms with E-state index >= 15 is 0 Å². The van der Waals surface area contributed by atoms with Crippen LogP contribution in [0.4, 0.5) is 5.13 Å². The average Bonchev–Trinajstić information content (AvgIpc) is 3.06. The molecule has 4 rings (SSSR count). The lowest BCUT2D eigenvalue weighted by atomic mass is 9.85. The van der Waals surface area contributed by atoms with Crippen LogP contribution in [-0.2, 0) is 22.6 Å². The van der Waals surface area contributed by atoms with Crippen LogP contribution < -0.4 is 14.8 Å². The zero-order valence-electron chi connectivity index (χ0n) is 15.8. The quantitative estimate of drug-likeness (QED) is 0.805. The topological polar surface area (TPSA) is 80.8 Å². The van der Waals surface area contributed by atoms with Gasteiger partial charge in [0.25, 0.3) is 5.91 Å². The zero-order chi connectivity index (χ0) is 19.5. The molecule has 0 atom stereocenters. The van der Waals surface area contributed by atoms with E-state index < -0.39 is 0 Å². The van der Waals surface area contributed by atoms with Crippen LogP contribution in [0.1, 0.15) is 29.8 Å². The lowest BCUT2D eigenvalue weighted by Crippen LogP contribution is -2.38. The molecule has 0 saturated heterocycles. The minimum Gasteiger partial charge on any atom is -0.493 e. The van der Waals surface area contributed by atoms with Crippen molar-refractivity contribution in [2.24, 2.45) is 5.92 Å². The predicted octanol–water partition coefficient (Wildman–Crippen LogP) is 2.85. The van der Waals surface area contributed by atoms with Crippen molar-refractivity contribution in [2.75, 3.05) is 25.6 Å². The summed E-state index contributed by atoms with van der Waals surface area (Å²) in [7, 11) is 1.57. The van der Waals surface area contributed by atoms with Crippen LogP contribution in [0.15, 0.2) is 24.3 Å². The second-order valence-electron chi connectivity index (χ2n) is 7.01. The minimum absolute atomic E-state index is 0.0419. The molecule has 1 aliphatic heterocycles. The van der Waals surface area contributed by atoms with Crippen LogP contribution in [0.5, 0.6) is 11.5 Å². The fourth-order valence-corrected chi connectivity index (χ4v) is 4.34. The highest BCUT2D eigenvalue weighted by Crippen LogP contribution is 2.32. The Hall–Kier alpha value is -2.61. The number of anilines is 1. The number of thiazole rings is 1. The van der Waals surface area contributed by atoms with Crippen LogP contribution in [0.3, 0.4) is 0 Å². The van der Waals surface area contributed by atoms with E-state index in [0.717, 1.165) is 29.8 Å². The molecule has 1 aliphatic carbocycles. The van der Waals surface area contributed by atoms with Crippen LogP contribution in [0.2, 0.25) is 0 Å². The number of carbonyl (C=O) groups is 2.